The van der Waals surface area contributed by atoms with Crippen molar-refractivity contribution >= 4 is 95.2 Å². The number of thiophene rings is 2. The minimum atomic E-state index is -1.01. The number of ether oxygens (including phenoxy) is 2. The van der Waals surface area contributed by atoms with E-state index >= 15 is 0 Å². The van der Waals surface area contributed by atoms with Gasteiger partial charge in [-0.1, -0.05) is 0 Å². The molecule has 0 aliphatic carbocycles. The SMILES string of the molecule is CC(=O)Oc1cc2c(c3c(C)csc13)[C@@H](CCl)CN2C(=O)CCCC(=O)N1C[C@H](CCl)c2c1cc(OC(C)O)c1scc(C)c21. The van der Waals surface area contributed by atoms with E-state index in [9.17, 15) is 19.5 Å². The highest BCUT2D eigenvalue weighted by Gasteiger charge is 2.37. The van der Waals surface area contributed by atoms with Crippen molar-refractivity contribution in [2.45, 2.75) is 65.1 Å². The van der Waals surface area contributed by atoms with E-state index in [0.717, 1.165) is 48.1 Å². The minimum absolute atomic E-state index is 0.0407. The first kappa shape index (κ1) is 32.1. The lowest BCUT2D eigenvalue weighted by atomic mass is 9.97. The van der Waals surface area contributed by atoms with Crippen molar-refractivity contribution in [2.75, 3.05) is 34.6 Å². The zero-order chi connectivity index (χ0) is 32.2. The third kappa shape index (κ3) is 5.69. The van der Waals surface area contributed by atoms with Gasteiger partial charge in [0.2, 0.25) is 11.8 Å². The lowest BCUT2D eigenvalue weighted by Gasteiger charge is -2.21. The molecule has 2 aromatic carbocycles. The molecule has 0 radical (unpaired) electrons. The fraction of sp³-hybridized carbons (Fsp3) is 0.424. The molecule has 0 saturated carbocycles. The summed E-state index contributed by atoms with van der Waals surface area (Å²) in [4.78, 5) is 42.7. The number of hydrogen-bond acceptors (Lipinski definition) is 8. The molecule has 8 nitrogen and oxygen atoms in total. The van der Waals surface area contributed by atoms with Crippen LogP contribution in [-0.4, -0.2) is 54.0 Å². The number of aliphatic hydroxyl groups excluding tert-OH is 1. The van der Waals surface area contributed by atoms with Gasteiger partial charge in [-0.05, 0) is 60.2 Å². The lowest BCUT2D eigenvalue weighted by molar-refractivity contribution is -0.131. The van der Waals surface area contributed by atoms with Gasteiger partial charge in [-0.25, -0.2) is 0 Å². The van der Waals surface area contributed by atoms with Gasteiger partial charge in [0.25, 0.3) is 0 Å². The number of aryl methyl sites for hydroxylation is 2. The van der Waals surface area contributed by atoms with Gasteiger partial charge in [-0.3, -0.25) is 14.4 Å². The van der Waals surface area contributed by atoms with E-state index in [1.807, 2.05) is 30.7 Å². The van der Waals surface area contributed by atoms with Crippen LogP contribution >= 0.6 is 45.9 Å². The Morgan fingerprint density at radius 1 is 0.889 bits per heavy atom. The predicted molar refractivity (Wildman–Crippen MR) is 182 cm³/mol. The predicted octanol–water partition coefficient (Wildman–Crippen LogP) is 7.58. The minimum Gasteiger partial charge on any atom is -0.464 e. The Hall–Kier alpha value is -2.89. The van der Waals surface area contributed by atoms with Crippen molar-refractivity contribution in [2.24, 2.45) is 0 Å². The quantitative estimate of drug-likeness (QED) is 0.0843. The average molecular weight is 690 g/mol. The Kier molecular flexibility index (Phi) is 9.06. The summed E-state index contributed by atoms with van der Waals surface area (Å²) in [7, 11) is 0. The molecule has 0 spiro atoms. The lowest BCUT2D eigenvalue weighted by Crippen LogP contribution is -2.32. The highest BCUT2D eigenvalue weighted by Crippen LogP contribution is 2.50. The number of esters is 1. The number of carbonyl (C=O) groups excluding carboxylic acids is 3. The van der Waals surface area contributed by atoms with Crippen LogP contribution in [-0.2, 0) is 14.4 Å². The Morgan fingerprint density at radius 3 is 1.80 bits per heavy atom. The Balaban J connectivity index is 1.22. The second-order valence-electron chi connectivity index (χ2n) is 11.7. The molecule has 4 heterocycles. The summed E-state index contributed by atoms with van der Waals surface area (Å²) in [5.41, 5.74) is 5.61. The number of carbonyl (C=O) groups is 3. The molecule has 2 aliphatic rings. The molecule has 0 saturated heterocycles. The number of amides is 2. The third-order valence-electron chi connectivity index (χ3n) is 8.53. The maximum absolute atomic E-state index is 13.7. The summed E-state index contributed by atoms with van der Waals surface area (Å²) in [6.45, 7) is 7.82. The van der Waals surface area contributed by atoms with Crippen molar-refractivity contribution in [3.05, 3.63) is 45.1 Å². The normalized spacial score (nSPS) is 18.0. The number of hydrogen-bond donors (Lipinski definition) is 1. The van der Waals surface area contributed by atoms with E-state index < -0.39 is 12.3 Å². The number of aliphatic hydroxyl groups is 1. The molecule has 1 unspecified atom stereocenters. The molecule has 238 valence electrons. The molecule has 1 N–H and O–H groups in total. The molecule has 2 amide bonds. The van der Waals surface area contributed by atoms with Gasteiger partial charge < -0.3 is 24.4 Å². The van der Waals surface area contributed by atoms with Crippen molar-refractivity contribution in [3.8, 4) is 11.5 Å². The van der Waals surface area contributed by atoms with Crippen LogP contribution in [0.3, 0.4) is 0 Å². The number of fused-ring (bicyclic) bond motifs is 6. The van der Waals surface area contributed by atoms with E-state index in [0.29, 0.717) is 48.5 Å². The maximum Gasteiger partial charge on any atom is 0.308 e. The van der Waals surface area contributed by atoms with Gasteiger partial charge in [0.1, 0.15) is 5.75 Å². The highest BCUT2D eigenvalue weighted by molar-refractivity contribution is 7.18. The van der Waals surface area contributed by atoms with Crippen LogP contribution in [0.2, 0.25) is 0 Å². The van der Waals surface area contributed by atoms with Gasteiger partial charge in [0.15, 0.2) is 12.0 Å². The molecule has 0 fully saturated rings. The number of anilines is 2. The van der Waals surface area contributed by atoms with Crippen LogP contribution in [0.5, 0.6) is 11.5 Å². The molecule has 2 aromatic heterocycles. The third-order valence-corrected chi connectivity index (χ3v) is 11.5. The van der Waals surface area contributed by atoms with Crippen LogP contribution < -0.4 is 19.3 Å². The molecule has 0 bridgehead atoms. The fourth-order valence-electron chi connectivity index (χ4n) is 6.69. The van der Waals surface area contributed by atoms with Gasteiger partial charge in [-0.15, -0.1) is 45.9 Å². The first-order valence-corrected chi connectivity index (χ1v) is 17.7. The monoisotopic (exact) mass is 688 g/mol. The molecular formula is C33H34Cl2N2O6S2. The molecule has 6 rings (SSSR count). The van der Waals surface area contributed by atoms with Crippen LogP contribution in [0.4, 0.5) is 11.4 Å². The van der Waals surface area contributed by atoms with Crippen LogP contribution in [0.15, 0.2) is 22.9 Å². The van der Waals surface area contributed by atoms with Crippen LogP contribution in [0.25, 0.3) is 20.2 Å². The van der Waals surface area contributed by atoms with Crippen molar-refractivity contribution in [1.29, 1.82) is 0 Å². The van der Waals surface area contributed by atoms with Crippen LogP contribution in [0.1, 0.15) is 67.2 Å². The number of alkyl halides is 2. The number of rotatable bonds is 9. The molecule has 3 atom stereocenters. The van der Waals surface area contributed by atoms with Crippen molar-refractivity contribution in [1.82, 2.24) is 0 Å². The fourth-order valence-corrected chi connectivity index (χ4v) is 9.24. The van der Waals surface area contributed by atoms with Crippen LogP contribution in [0, 0.1) is 13.8 Å². The smallest absolute Gasteiger partial charge is 0.308 e. The Morgan fingerprint density at radius 2 is 1.36 bits per heavy atom. The van der Waals surface area contributed by atoms with Gasteiger partial charge in [0, 0.05) is 79.4 Å². The summed E-state index contributed by atoms with van der Waals surface area (Å²) in [5.74, 6) is 0.947. The second-order valence-corrected chi connectivity index (χ2v) is 14.1. The standard InChI is InChI=1S/C33H34Cl2N2O6S2/c1-16-14-44-32-24(42-18(3)38)8-22-30(28(16)32)20(10-34)12-36(22)26(40)6-5-7-27(41)37-13-21(11-35)31-23(37)9-25(43-19(4)39)33-29(31)17(2)15-45-33/h8-9,14-15,18,20-21,38H,5-7,10-13H2,1-4H3/t18?,20-,21-/m0/s1. The molecular weight excluding hydrogens is 655 g/mol. The number of benzene rings is 2. The molecule has 2 aliphatic heterocycles. The number of halogens is 2. The first-order chi connectivity index (χ1) is 21.5. The Bertz CT molecular complexity index is 1830. The summed E-state index contributed by atoms with van der Waals surface area (Å²) < 4.78 is 13.1. The van der Waals surface area contributed by atoms with E-state index in [4.69, 9.17) is 32.7 Å². The van der Waals surface area contributed by atoms with Crippen molar-refractivity contribution < 1.29 is 29.0 Å². The average Bonchev–Trinajstić information content (AvgIpc) is 3.75. The molecule has 4 aromatic rings. The topological polar surface area (TPSA) is 96.4 Å². The summed E-state index contributed by atoms with van der Waals surface area (Å²) in [5, 5.41) is 16.0. The second kappa shape index (κ2) is 12.7. The number of nitrogens with zero attached hydrogens (tertiary/aromatic N) is 2. The maximum atomic E-state index is 13.7. The summed E-state index contributed by atoms with van der Waals surface area (Å²) >= 11 is 15.9. The highest BCUT2D eigenvalue weighted by atomic mass is 35.5. The first-order valence-electron chi connectivity index (χ1n) is 14.9. The zero-order valence-corrected chi connectivity index (χ0v) is 28.6. The van der Waals surface area contributed by atoms with E-state index in [2.05, 4.69) is 0 Å². The van der Waals surface area contributed by atoms with Gasteiger partial charge in [0.05, 0.1) is 20.8 Å². The van der Waals surface area contributed by atoms with E-state index in [-0.39, 0.29) is 36.5 Å². The zero-order valence-electron chi connectivity index (χ0n) is 25.4. The largest absolute Gasteiger partial charge is 0.464 e. The van der Waals surface area contributed by atoms with Crippen molar-refractivity contribution in [3.63, 3.8) is 0 Å². The van der Waals surface area contributed by atoms with E-state index in [1.165, 1.54) is 18.3 Å². The summed E-state index contributed by atoms with van der Waals surface area (Å²) in [6.07, 6.45) is -0.302. The Labute approximate surface area is 279 Å². The molecule has 45 heavy (non-hydrogen) atoms. The molecule has 12 heteroatoms. The van der Waals surface area contributed by atoms with Gasteiger partial charge >= 0.3 is 5.97 Å². The van der Waals surface area contributed by atoms with Gasteiger partial charge in [-0.2, -0.15) is 0 Å². The van der Waals surface area contributed by atoms with E-state index in [1.54, 1.807) is 34.1 Å². The summed E-state index contributed by atoms with van der Waals surface area (Å²) in [6, 6.07) is 3.61.